The lowest BCUT2D eigenvalue weighted by molar-refractivity contribution is 1.05. The Morgan fingerprint density at radius 1 is 0.826 bits per heavy atom. The second kappa shape index (κ2) is 7.22. The minimum absolute atomic E-state index is 0.233. The Hall–Kier alpha value is -3.15. The largest absolute Gasteiger partial charge is 0.368 e. The van der Waals surface area contributed by atoms with Crippen LogP contribution in [0, 0.1) is 0 Å². The number of nitrogens with one attached hydrogen (secondary N) is 2. The molecule has 0 aliphatic rings. The molecule has 0 bridgehead atoms. The van der Waals surface area contributed by atoms with Crippen molar-refractivity contribution in [1.82, 2.24) is 15.0 Å². The summed E-state index contributed by atoms with van der Waals surface area (Å²) in [5.74, 6) is 1.60. The summed E-state index contributed by atoms with van der Waals surface area (Å²) in [6, 6.07) is 15.9. The van der Waals surface area contributed by atoms with E-state index in [0.717, 1.165) is 5.56 Å². The minimum Gasteiger partial charge on any atom is -0.368 e. The van der Waals surface area contributed by atoms with Crippen LogP contribution in [0.4, 0.5) is 17.6 Å². The molecule has 0 aliphatic heterocycles. The fraction of sp³-hybridized carbons (Fsp3) is 0.118. The topological polar surface area (TPSA) is 88.8 Å². The van der Waals surface area contributed by atoms with Gasteiger partial charge in [0, 0.05) is 31.5 Å². The van der Waals surface area contributed by atoms with Gasteiger partial charge in [0.1, 0.15) is 11.6 Å². The first-order chi connectivity index (χ1) is 11.3. The third kappa shape index (κ3) is 4.41. The normalized spacial score (nSPS) is 10.3. The van der Waals surface area contributed by atoms with Gasteiger partial charge in [-0.25, -0.2) is 0 Å². The van der Waals surface area contributed by atoms with Crippen LogP contribution in [0.3, 0.4) is 0 Å². The highest BCUT2D eigenvalue weighted by molar-refractivity contribution is 5.51. The third-order valence-corrected chi connectivity index (χ3v) is 3.26. The van der Waals surface area contributed by atoms with Crippen molar-refractivity contribution in [2.75, 3.05) is 16.4 Å². The average molecular weight is 306 g/mol. The van der Waals surface area contributed by atoms with Gasteiger partial charge in [0.2, 0.25) is 5.95 Å². The van der Waals surface area contributed by atoms with Crippen LogP contribution in [-0.4, -0.2) is 15.0 Å². The Morgan fingerprint density at radius 2 is 1.48 bits per heavy atom. The number of benzene rings is 1. The molecule has 3 aromatic rings. The first-order valence-electron chi connectivity index (χ1n) is 7.35. The molecule has 0 radical (unpaired) electrons. The Balaban J connectivity index is 1.64. The zero-order valence-electron chi connectivity index (χ0n) is 12.6. The summed E-state index contributed by atoms with van der Waals surface area (Å²) in [6.45, 7) is 1.31. The van der Waals surface area contributed by atoms with Gasteiger partial charge in [0.15, 0.2) is 0 Å². The summed E-state index contributed by atoms with van der Waals surface area (Å²) >= 11 is 0. The smallest absolute Gasteiger partial charge is 0.223 e. The summed E-state index contributed by atoms with van der Waals surface area (Å²) < 4.78 is 0. The lowest BCUT2D eigenvalue weighted by Crippen LogP contribution is -2.08. The Morgan fingerprint density at radius 3 is 2.13 bits per heavy atom. The van der Waals surface area contributed by atoms with Gasteiger partial charge in [-0.3, -0.25) is 4.98 Å². The van der Waals surface area contributed by atoms with Gasteiger partial charge in [0.05, 0.1) is 0 Å². The lowest BCUT2D eigenvalue weighted by atomic mass is 10.2. The molecule has 0 atom stereocenters. The third-order valence-electron chi connectivity index (χ3n) is 3.26. The maximum atomic E-state index is 5.78. The standard InChI is InChI=1S/C17H18N6/c18-17-22-15(20-11-13-5-2-1-3-6-13)9-16(23-17)21-12-14-7-4-8-19-10-14/h1-10H,11-12H2,(H4,18,20,21,22,23). The monoisotopic (exact) mass is 306 g/mol. The van der Waals surface area contributed by atoms with Crippen molar-refractivity contribution in [3.8, 4) is 0 Å². The van der Waals surface area contributed by atoms with Gasteiger partial charge in [-0.1, -0.05) is 36.4 Å². The van der Waals surface area contributed by atoms with Crippen molar-refractivity contribution in [3.05, 3.63) is 72.1 Å². The number of nitrogen functional groups attached to an aromatic ring is 1. The van der Waals surface area contributed by atoms with Crippen molar-refractivity contribution in [2.24, 2.45) is 0 Å². The highest BCUT2D eigenvalue weighted by Crippen LogP contribution is 2.14. The molecule has 0 aliphatic carbocycles. The van der Waals surface area contributed by atoms with Crippen molar-refractivity contribution in [3.63, 3.8) is 0 Å². The van der Waals surface area contributed by atoms with Crippen LogP contribution in [0.1, 0.15) is 11.1 Å². The number of nitrogens with two attached hydrogens (primary N) is 1. The second-order valence-corrected chi connectivity index (χ2v) is 5.05. The maximum Gasteiger partial charge on any atom is 0.223 e. The molecule has 3 rings (SSSR count). The molecule has 0 fully saturated rings. The van der Waals surface area contributed by atoms with Crippen LogP contribution in [0.5, 0.6) is 0 Å². The minimum atomic E-state index is 0.233. The molecule has 2 heterocycles. The number of aromatic nitrogens is 3. The molecule has 0 saturated carbocycles. The summed E-state index contributed by atoms with van der Waals surface area (Å²) in [7, 11) is 0. The lowest BCUT2D eigenvalue weighted by Gasteiger charge is -2.10. The molecule has 6 nitrogen and oxygen atoms in total. The van der Waals surface area contributed by atoms with Crippen LogP contribution in [-0.2, 0) is 13.1 Å². The van der Waals surface area contributed by atoms with Crippen LogP contribution < -0.4 is 16.4 Å². The number of pyridine rings is 1. The summed E-state index contributed by atoms with van der Waals surface area (Å²) in [6.07, 6.45) is 3.56. The first kappa shape index (κ1) is 14.8. The molecule has 4 N–H and O–H groups in total. The molecule has 23 heavy (non-hydrogen) atoms. The van der Waals surface area contributed by atoms with Gasteiger partial charge >= 0.3 is 0 Å². The van der Waals surface area contributed by atoms with Crippen molar-refractivity contribution in [2.45, 2.75) is 13.1 Å². The maximum absolute atomic E-state index is 5.78. The van der Waals surface area contributed by atoms with E-state index in [-0.39, 0.29) is 5.95 Å². The summed E-state index contributed by atoms with van der Waals surface area (Å²) in [5, 5.41) is 6.49. The van der Waals surface area contributed by atoms with E-state index in [1.165, 1.54) is 5.56 Å². The van der Waals surface area contributed by atoms with Crippen molar-refractivity contribution in [1.29, 1.82) is 0 Å². The molecule has 2 aromatic heterocycles. The van der Waals surface area contributed by atoms with Crippen LogP contribution in [0.2, 0.25) is 0 Å². The second-order valence-electron chi connectivity index (χ2n) is 5.05. The number of nitrogens with zero attached hydrogens (tertiary/aromatic N) is 3. The fourth-order valence-corrected chi connectivity index (χ4v) is 2.13. The van der Waals surface area contributed by atoms with Gasteiger partial charge < -0.3 is 16.4 Å². The first-order valence-corrected chi connectivity index (χ1v) is 7.35. The molecule has 6 heteroatoms. The fourth-order valence-electron chi connectivity index (χ4n) is 2.13. The molecule has 0 amide bonds. The molecular weight excluding hydrogens is 288 g/mol. The zero-order valence-corrected chi connectivity index (χ0v) is 12.6. The van der Waals surface area contributed by atoms with Gasteiger partial charge in [-0.2, -0.15) is 9.97 Å². The molecule has 116 valence electrons. The van der Waals surface area contributed by atoms with E-state index in [0.29, 0.717) is 24.7 Å². The molecule has 0 saturated heterocycles. The number of anilines is 3. The molecule has 0 unspecified atom stereocenters. The Bertz CT molecular complexity index is 684. The van der Waals surface area contributed by atoms with Gasteiger partial charge in [-0.05, 0) is 17.2 Å². The number of rotatable bonds is 6. The zero-order chi connectivity index (χ0) is 15.9. The van der Waals surface area contributed by atoms with Crippen LogP contribution in [0.15, 0.2) is 60.9 Å². The predicted octanol–water partition coefficient (Wildman–Crippen LogP) is 2.68. The molecular formula is C17H18N6. The van der Waals surface area contributed by atoms with Gasteiger partial charge in [0.25, 0.3) is 0 Å². The van der Waals surface area contributed by atoms with E-state index < -0.39 is 0 Å². The highest BCUT2D eigenvalue weighted by Gasteiger charge is 2.03. The van der Waals surface area contributed by atoms with Crippen molar-refractivity contribution >= 4 is 17.6 Å². The average Bonchev–Trinajstić information content (AvgIpc) is 2.60. The number of hydrogen-bond donors (Lipinski definition) is 3. The van der Waals surface area contributed by atoms with Crippen LogP contribution in [0.25, 0.3) is 0 Å². The molecule has 1 aromatic carbocycles. The van der Waals surface area contributed by atoms with E-state index in [1.54, 1.807) is 6.20 Å². The predicted molar refractivity (Wildman–Crippen MR) is 91.8 cm³/mol. The van der Waals surface area contributed by atoms with E-state index in [2.05, 4.69) is 37.7 Å². The highest BCUT2D eigenvalue weighted by atomic mass is 15.1. The number of hydrogen-bond acceptors (Lipinski definition) is 6. The summed E-state index contributed by atoms with van der Waals surface area (Å²) in [5.41, 5.74) is 8.03. The van der Waals surface area contributed by atoms with Crippen LogP contribution >= 0.6 is 0 Å². The Labute approximate surface area is 134 Å². The SMILES string of the molecule is Nc1nc(NCc2ccccc2)cc(NCc2cccnc2)n1. The summed E-state index contributed by atoms with van der Waals surface area (Å²) in [4.78, 5) is 12.5. The van der Waals surface area contributed by atoms with Gasteiger partial charge in [-0.15, -0.1) is 0 Å². The molecule has 0 spiro atoms. The van der Waals surface area contributed by atoms with Crippen molar-refractivity contribution < 1.29 is 0 Å². The van der Waals surface area contributed by atoms with E-state index in [9.17, 15) is 0 Å². The Kier molecular flexibility index (Phi) is 4.63. The van der Waals surface area contributed by atoms with E-state index >= 15 is 0 Å². The van der Waals surface area contributed by atoms with E-state index in [4.69, 9.17) is 5.73 Å². The van der Waals surface area contributed by atoms with E-state index in [1.807, 2.05) is 42.6 Å². The quantitative estimate of drug-likeness (QED) is 0.649.